The van der Waals surface area contributed by atoms with E-state index >= 15 is 0 Å². The quantitative estimate of drug-likeness (QED) is 0.716. The van der Waals surface area contributed by atoms with Gasteiger partial charge in [-0.1, -0.05) is 18.2 Å². The molecule has 94 valence electrons. The lowest BCUT2D eigenvalue weighted by Crippen LogP contribution is -1.93. The summed E-state index contributed by atoms with van der Waals surface area (Å²) in [5.74, 6) is 1.91. The standard InChI is InChI=1S/C17H20O/c1-11-6-7-13(3)16(9-11)18-17-10-12(2)8-14(4)15(17)5/h6-10H,1-5H3. The monoisotopic (exact) mass is 240 g/mol. The second-order valence-corrected chi connectivity index (χ2v) is 5.08. The first-order valence-electron chi connectivity index (χ1n) is 6.30. The lowest BCUT2D eigenvalue weighted by molar-refractivity contribution is 0.474. The SMILES string of the molecule is Cc1ccc(C)c(Oc2cc(C)cc(C)c2C)c1. The summed E-state index contributed by atoms with van der Waals surface area (Å²) < 4.78 is 6.08. The van der Waals surface area contributed by atoms with Crippen molar-refractivity contribution < 1.29 is 4.74 Å². The molecule has 1 heteroatoms. The van der Waals surface area contributed by atoms with Crippen molar-refractivity contribution in [3.63, 3.8) is 0 Å². The highest BCUT2D eigenvalue weighted by molar-refractivity contribution is 5.46. The van der Waals surface area contributed by atoms with Gasteiger partial charge in [0, 0.05) is 0 Å². The van der Waals surface area contributed by atoms with Crippen LogP contribution in [0.3, 0.4) is 0 Å². The fourth-order valence-electron chi connectivity index (χ4n) is 2.04. The molecule has 1 nitrogen and oxygen atoms in total. The molecule has 0 bridgehead atoms. The molecule has 2 rings (SSSR count). The van der Waals surface area contributed by atoms with Crippen LogP contribution in [0.2, 0.25) is 0 Å². The van der Waals surface area contributed by atoms with Crippen molar-refractivity contribution in [2.45, 2.75) is 34.6 Å². The Morgan fingerprint density at radius 3 is 2.06 bits per heavy atom. The smallest absolute Gasteiger partial charge is 0.130 e. The predicted molar refractivity (Wildman–Crippen MR) is 76.6 cm³/mol. The molecule has 2 aromatic rings. The Labute approximate surface area is 109 Å². The fraction of sp³-hybridized carbons (Fsp3) is 0.294. The normalized spacial score (nSPS) is 10.5. The first kappa shape index (κ1) is 12.7. The summed E-state index contributed by atoms with van der Waals surface area (Å²) in [5.41, 5.74) is 6.10. The largest absolute Gasteiger partial charge is 0.457 e. The average Bonchev–Trinajstić information content (AvgIpc) is 2.30. The van der Waals surface area contributed by atoms with E-state index < -0.39 is 0 Å². The maximum atomic E-state index is 6.08. The van der Waals surface area contributed by atoms with Crippen LogP contribution in [-0.4, -0.2) is 0 Å². The van der Waals surface area contributed by atoms with Crippen molar-refractivity contribution in [3.05, 3.63) is 58.1 Å². The van der Waals surface area contributed by atoms with Gasteiger partial charge >= 0.3 is 0 Å². The molecule has 0 aliphatic heterocycles. The van der Waals surface area contributed by atoms with Crippen LogP contribution < -0.4 is 4.74 Å². The lowest BCUT2D eigenvalue weighted by atomic mass is 10.1. The third-order valence-electron chi connectivity index (χ3n) is 3.33. The highest BCUT2D eigenvalue weighted by Crippen LogP contribution is 2.30. The highest BCUT2D eigenvalue weighted by Gasteiger charge is 2.07. The van der Waals surface area contributed by atoms with Crippen molar-refractivity contribution in [1.82, 2.24) is 0 Å². The molecule has 0 amide bonds. The topological polar surface area (TPSA) is 9.23 Å². The first-order valence-corrected chi connectivity index (χ1v) is 6.30. The van der Waals surface area contributed by atoms with E-state index in [-0.39, 0.29) is 0 Å². The minimum absolute atomic E-state index is 0.947. The number of aryl methyl sites for hydroxylation is 4. The average molecular weight is 240 g/mol. The lowest BCUT2D eigenvalue weighted by Gasteiger charge is -2.14. The maximum Gasteiger partial charge on any atom is 0.130 e. The van der Waals surface area contributed by atoms with Crippen molar-refractivity contribution in [1.29, 1.82) is 0 Å². The number of hydrogen-bond donors (Lipinski definition) is 0. The Morgan fingerprint density at radius 2 is 1.33 bits per heavy atom. The summed E-state index contributed by atoms with van der Waals surface area (Å²) in [6, 6.07) is 10.6. The Morgan fingerprint density at radius 1 is 0.667 bits per heavy atom. The first-order chi connectivity index (χ1) is 8.47. The third kappa shape index (κ3) is 2.56. The van der Waals surface area contributed by atoms with Gasteiger partial charge in [-0.25, -0.2) is 0 Å². The molecule has 0 aromatic heterocycles. The van der Waals surface area contributed by atoms with Crippen LogP contribution in [0.15, 0.2) is 30.3 Å². The van der Waals surface area contributed by atoms with Gasteiger partial charge in [0.25, 0.3) is 0 Å². The molecule has 2 aromatic carbocycles. The second-order valence-electron chi connectivity index (χ2n) is 5.08. The molecular formula is C17H20O. The molecule has 0 saturated heterocycles. The molecule has 0 aliphatic rings. The van der Waals surface area contributed by atoms with Crippen molar-refractivity contribution in [3.8, 4) is 11.5 Å². The third-order valence-corrected chi connectivity index (χ3v) is 3.33. The van der Waals surface area contributed by atoms with E-state index in [9.17, 15) is 0 Å². The number of ether oxygens (including phenoxy) is 1. The van der Waals surface area contributed by atoms with Gasteiger partial charge in [0.05, 0.1) is 0 Å². The molecule has 0 fully saturated rings. The maximum absolute atomic E-state index is 6.08. The molecule has 0 unspecified atom stereocenters. The fourth-order valence-corrected chi connectivity index (χ4v) is 2.04. The van der Waals surface area contributed by atoms with Crippen LogP contribution in [0.5, 0.6) is 11.5 Å². The Hall–Kier alpha value is -1.76. The number of rotatable bonds is 2. The van der Waals surface area contributed by atoms with E-state index in [1.807, 2.05) is 0 Å². The van der Waals surface area contributed by atoms with E-state index in [4.69, 9.17) is 4.74 Å². The van der Waals surface area contributed by atoms with E-state index in [1.54, 1.807) is 0 Å². The van der Waals surface area contributed by atoms with E-state index in [0.29, 0.717) is 0 Å². The van der Waals surface area contributed by atoms with Gasteiger partial charge in [0.15, 0.2) is 0 Å². The molecular weight excluding hydrogens is 220 g/mol. The van der Waals surface area contributed by atoms with Gasteiger partial charge in [0.2, 0.25) is 0 Å². The second kappa shape index (κ2) is 4.85. The summed E-state index contributed by atoms with van der Waals surface area (Å²) in [5, 5.41) is 0. The summed E-state index contributed by atoms with van der Waals surface area (Å²) in [6.07, 6.45) is 0. The molecule has 18 heavy (non-hydrogen) atoms. The van der Waals surface area contributed by atoms with E-state index in [1.165, 1.54) is 27.8 Å². The Bertz CT molecular complexity index is 582. The molecule has 0 spiro atoms. The molecule has 0 heterocycles. The van der Waals surface area contributed by atoms with Crippen LogP contribution >= 0.6 is 0 Å². The zero-order chi connectivity index (χ0) is 13.3. The predicted octanol–water partition coefficient (Wildman–Crippen LogP) is 5.02. The van der Waals surface area contributed by atoms with Gasteiger partial charge < -0.3 is 4.74 Å². The van der Waals surface area contributed by atoms with Crippen molar-refractivity contribution >= 4 is 0 Å². The molecule has 0 atom stereocenters. The molecule has 0 radical (unpaired) electrons. The van der Waals surface area contributed by atoms with Crippen molar-refractivity contribution in [2.75, 3.05) is 0 Å². The molecule has 0 N–H and O–H groups in total. The van der Waals surface area contributed by atoms with Crippen LogP contribution in [0, 0.1) is 34.6 Å². The van der Waals surface area contributed by atoms with Gasteiger partial charge in [-0.2, -0.15) is 0 Å². The van der Waals surface area contributed by atoms with E-state index in [2.05, 4.69) is 65.0 Å². The minimum Gasteiger partial charge on any atom is -0.457 e. The van der Waals surface area contributed by atoms with Gasteiger partial charge in [0.1, 0.15) is 11.5 Å². The van der Waals surface area contributed by atoms with Crippen LogP contribution in [0.4, 0.5) is 0 Å². The zero-order valence-corrected chi connectivity index (χ0v) is 11.8. The summed E-state index contributed by atoms with van der Waals surface area (Å²) >= 11 is 0. The van der Waals surface area contributed by atoms with E-state index in [0.717, 1.165) is 11.5 Å². The summed E-state index contributed by atoms with van der Waals surface area (Å²) in [7, 11) is 0. The minimum atomic E-state index is 0.947. The highest BCUT2D eigenvalue weighted by atomic mass is 16.5. The van der Waals surface area contributed by atoms with Gasteiger partial charge in [-0.15, -0.1) is 0 Å². The Kier molecular flexibility index (Phi) is 3.42. The number of hydrogen-bond acceptors (Lipinski definition) is 1. The van der Waals surface area contributed by atoms with Crippen LogP contribution in [0.1, 0.15) is 27.8 Å². The zero-order valence-electron chi connectivity index (χ0n) is 11.8. The molecule has 0 saturated carbocycles. The van der Waals surface area contributed by atoms with Gasteiger partial charge in [-0.05, 0) is 74.6 Å². The van der Waals surface area contributed by atoms with Crippen LogP contribution in [0.25, 0.3) is 0 Å². The Balaban J connectivity index is 2.43. The molecule has 0 aliphatic carbocycles. The van der Waals surface area contributed by atoms with Crippen LogP contribution in [-0.2, 0) is 0 Å². The van der Waals surface area contributed by atoms with Crippen molar-refractivity contribution in [2.24, 2.45) is 0 Å². The summed E-state index contributed by atoms with van der Waals surface area (Å²) in [4.78, 5) is 0. The summed E-state index contributed by atoms with van der Waals surface area (Å²) in [6.45, 7) is 10.5. The number of benzene rings is 2. The van der Waals surface area contributed by atoms with Gasteiger partial charge in [-0.3, -0.25) is 0 Å².